The lowest BCUT2D eigenvalue weighted by atomic mass is 10.1. The minimum atomic E-state index is 0.452. The lowest BCUT2D eigenvalue weighted by Crippen LogP contribution is -2.01. The number of ether oxygens (including phenoxy) is 1. The number of para-hydroxylation sites is 2. The molecule has 0 aliphatic heterocycles. The first-order valence-corrected chi connectivity index (χ1v) is 13.6. The molecular formula is C36H27N3O2. The molecule has 0 N–H and O–H groups in total. The van der Waals surface area contributed by atoms with Crippen molar-refractivity contribution >= 4 is 27.9 Å². The fourth-order valence-electron chi connectivity index (χ4n) is 5.26. The summed E-state index contributed by atoms with van der Waals surface area (Å²) in [6, 6.07) is 41.3. The van der Waals surface area contributed by atoms with Crippen molar-refractivity contribution in [3.63, 3.8) is 0 Å². The molecular weight excluding hydrogens is 506 g/mol. The van der Waals surface area contributed by atoms with E-state index in [2.05, 4.69) is 106 Å². The zero-order valence-corrected chi connectivity index (χ0v) is 22.4. The minimum Gasteiger partial charge on any atom is -0.493 e. The molecule has 0 unspecified atom stereocenters. The van der Waals surface area contributed by atoms with Crippen LogP contribution in [0.25, 0.3) is 56.5 Å². The van der Waals surface area contributed by atoms with E-state index in [0.29, 0.717) is 18.4 Å². The van der Waals surface area contributed by atoms with Gasteiger partial charge in [-0.2, -0.15) is 0 Å². The SMILES string of the molecule is C=Cc1ccc(CCOc2cccc(-c3nnc(-c4cccc(-n5c6ccccc6c6ccccc65)c4)o3)c2)cc1. The molecule has 2 heterocycles. The summed E-state index contributed by atoms with van der Waals surface area (Å²) in [5, 5.41) is 11.2. The van der Waals surface area contributed by atoms with Gasteiger partial charge in [-0.05, 0) is 59.7 Å². The van der Waals surface area contributed by atoms with E-state index in [1.807, 2.05) is 42.5 Å². The van der Waals surface area contributed by atoms with Crippen molar-refractivity contribution in [2.45, 2.75) is 6.42 Å². The molecule has 0 saturated carbocycles. The van der Waals surface area contributed by atoms with Crippen LogP contribution in [0, 0.1) is 0 Å². The van der Waals surface area contributed by atoms with E-state index in [1.165, 1.54) is 16.3 Å². The highest BCUT2D eigenvalue weighted by atomic mass is 16.5. The molecule has 0 radical (unpaired) electrons. The highest BCUT2D eigenvalue weighted by molar-refractivity contribution is 6.09. The molecule has 0 spiro atoms. The van der Waals surface area contributed by atoms with Crippen molar-refractivity contribution < 1.29 is 9.15 Å². The number of fused-ring (bicyclic) bond motifs is 3. The van der Waals surface area contributed by atoms with E-state index in [4.69, 9.17) is 9.15 Å². The molecule has 7 aromatic rings. The van der Waals surface area contributed by atoms with Crippen LogP contribution < -0.4 is 4.74 Å². The van der Waals surface area contributed by atoms with E-state index in [9.17, 15) is 0 Å². The summed E-state index contributed by atoms with van der Waals surface area (Å²) in [4.78, 5) is 0. The fraction of sp³-hybridized carbons (Fsp3) is 0.0556. The summed E-state index contributed by atoms with van der Waals surface area (Å²) >= 11 is 0. The molecule has 7 rings (SSSR count). The lowest BCUT2D eigenvalue weighted by molar-refractivity contribution is 0.322. The molecule has 0 amide bonds. The molecule has 0 saturated heterocycles. The van der Waals surface area contributed by atoms with Gasteiger partial charge in [-0.1, -0.05) is 85.5 Å². The van der Waals surface area contributed by atoms with Crippen molar-refractivity contribution in [2.75, 3.05) is 6.61 Å². The standard InChI is InChI=1S/C36H27N3O2/c1-2-25-17-19-26(20-18-25)21-22-40-30-12-8-10-28(24-30)36-38-37-35(41-36)27-9-7-11-29(23-27)39-33-15-5-3-13-31(33)32-14-4-6-16-34(32)39/h2-20,23-24H,1,21-22H2. The smallest absolute Gasteiger partial charge is 0.248 e. The number of rotatable bonds is 8. The summed E-state index contributed by atoms with van der Waals surface area (Å²) in [6.07, 6.45) is 2.66. The van der Waals surface area contributed by atoms with Gasteiger partial charge < -0.3 is 13.7 Å². The quantitative estimate of drug-likeness (QED) is 0.196. The molecule has 0 fully saturated rings. The summed E-state index contributed by atoms with van der Waals surface area (Å²) in [7, 11) is 0. The predicted octanol–water partition coefficient (Wildman–Crippen LogP) is 8.77. The third-order valence-electron chi connectivity index (χ3n) is 7.31. The van der Waals surface area contributed by atoms with Crippen LogP contribution in [0.4, 0.5) is 0 Å². The van der Waals surface area contributed by atoms with Gasteiger partial charge >= 0.3 is 0 Å². The first kappa shape index (κ1) is 24.6. The highest BCUT2D eigenvalue weighted by Crippen LogP contribution is 2.33. The molecule has 0 aliphatic carbocycles. The number of nitrogens with zero attached hydrogens (tertiary/aromatic N) is 3. The van der Waals surface area contributed by atoms with Gasteiger partial charge in [0.2, 0.25) is 11.8 Å². The Balaban J connectivity index is 1.13. The molecule has 0 aliphatic rings. The average molecular weight is 534 g/mol. The van der Waals surface area contributed by atoms with E-state index in [1.54, 1.807) is 0 Å². The van der Waals surface area contributed by atoms with Crippen LogP contribution in [0.3, 0.4) is 0 Å². The van der Waals surface area contributed by atoms with Crippen LogP contribution in [0.15, 0.2) is 132 Å². The average Bonchev–Trinajstić information content (AvgIpc) is 3.66. The van der Waals surface area contributed by atoms with Crippen LogP contribution >= 0.6 is 0 Å². The van der Waals surface area contributed by atoms with Gasteiger partial charge in [-0.15, -0.1) is 10.2 Å². The third-order valence-corrected chi connectivity index (χ3v) is 7.31. The fourth-order valence-corrected chi connectivity index (χ4v) is 5.26. The minimum absolute atomic E-state index is 0.452. The monoisotopic (exact) mass is 533 g/mol. The molecule has 41 heavy (non-hydrogen) atoms. The van der Waals surface area contributed by atoms with Crippen molar-refractivity contribution in [3.8, 4) is 34.3 Å². The van der Waals surface area contributed by atoms with Crippen molar-refractivity contribution in [3.05, 3.63) is 139 Å². The normalized spacial score (nSPS) is 11.2. The molecule has 5 aromatic carbocycles. The van der Waals surface area contributed by atoms with Gasteiger partial charge in [0.25, 0.3) is 0 Å². The van der Waals surface area contributed by atoms with Gasteiger partial charge in [0.15, 0.2) is 0 Å². The first-order chi connectivity index (χ1) is 20.3. The molecule has 5 nitrogen and oxygen atoms in total. The Bertz CT molecular complexity index is 1950. The Hall–Kier alpha value is -5.42. The molecule has 5 heteroatoms. The molecule has 0 atom stereocenters. The molecule has 198 valence electrons. The maximum atomic E-state index is 6.16. The second-order valence-corrected chi connectivity index (χ2v) is 9.90. The zero-order chi connectivity index (χ0) is 27.6. The lowest BCUT2D eigenvalue weighted by Gasteiger charge is -2.09. The summed E-state index contributed by atoms with van der Waals surface area (Å²) in [5.74, 6) is 1.68. The van der Waals surface area contributed by atoms with Gasteiger partial charge in [-0.3, -0.25) is 0 Å². The van der Waals surface area contributed by atoms with Gasteiger partial charge in [-0.25, -0.2) is 0 Å². The largest absolute Gasteiger partial charge is 0.493 e. The van der Waals surface area contributed by atoms with Crippen LogP contribution in [0.5, 0.6) is 5.75 Å². The Kier molecular flexibility index (Phi) is 6.38. The maximum absolute atomic E-state index is 6.16. The maximum Gasteiger partial charge on any atom is 0.248 e. The Morgan fingerprint density at radius 1 is 0.683 bits per heavy atom. The molecule has 0 bridgehead atoms. The van der Waals surface area contributed by atoms with Gasteiger partial charge in [0.05, 0.1) is 17.6 Å². The van der Waals surface area contributed by atoms with E-state index >= 15 is 0 Å². The summed E-state index contributed by atoms with van der Waals surface area (Å²) in [5.41, 5.74) is 7.35. The Labute approximate surface area is 238 Å². The van der Waals surface area contributed by atoms with Crippen molar-refractivity contribution in [1.29, 1.82) is 0 Å². The number of hydrogen-bond acceptors (Lipinski definition) is 4. The third kappa shape index (κ3) is 4.79. The van der Waals surface area contributed by atoms with Gasteiger partial charge in [0, 0.05) is 34.0 Å². The summed E-state index contributed by atoms with van der Waals surface area (Å²) < 4.78 is 14.5. The first-order valence-electron chi connectivity index (χ1n) is 13.6. The molecule has 2 aromatic heterocycles. The highest BCUT2D eigenvalue weighted by Gasteiger charge is 2.15. The van der Waals surface area contributed by atoms with E-state index in [-0.39, 0.29) is 0 Å². The second kappa shape index (κ2) is 10.6. The van der Waals surface area contributed by atoms with E-state index in [0.717, 1.165) is 45.6 Å². The second-order valence-electron chi connectivity index (χ2n) is 9.90. The Morgan fingerprint density at radius 3 is 2.00 bits per heavy atom. The van der Waals surface area contributed by atoms with Crippen LogP contribution in [0.2, 0.25) is 0 Å². The van der Waals surface area contributed by atoms with Crippen molar-refractivity contribution in [1.82, 2.24) is 14.8 Å². The predicted molar refractivity (Wildman–Crippen MR) is 165 cm³/mol. The van der Waals surface area contributed by atoms with Gasteiger partial charge in [0.1, 0.15) is 5.75 Å². The number of aromatic nitrogens is 3. The Morgan fingerprint density at radius 2 is 1.32 bits per heavy atom. The summed E-state index contributed by atoms with van der Waals surface area (Å²) in [6.45, 7) is 4.38. The number of hydrogen-bond donors (Lipinski definition) is 0. The number of benzene rings is 5. The topological polar surface area (TPSA) is 53.1 Å². The van der Waals surface area contributed by atoms with Crippen LogP contribution in [-0.2, 0) is 6.42 Å². The van der Waals surface area contributed by atoms with Crippen LogP contribution in [0.1, 0.15) is 11.1 Å². The zero-order valence-electron chi connectivity index (χ0n) is 22.4. The van der Waals surface area contributed by atoms with E-state index < -0.39 is 0 Å². The van der Waals surface area contributed by atoms with Crippen LogP contribution in [-0.4, -0.2) is 21.4 Å². The van der Waals surface area contributed by atoms with Crippen molar-refractivity contribution in [2.24, 2.45) is 0 Å².